The van der Waals surface area contributed by atoms with Gasteiger partial charge in [-0.2, -0.15) is 0 Å². The van der Waals surface area contributed by atoms with Gasteiger partial charge in [0.15, 0.2) is 0 Å². The second kappa shape index (κ2) is 4.31. The molecule has 1 atom stereocenters. The average Bonchev–Trinajstić information content (AvgIpc) is 2.83. The molecule has 4 nitrogen and oxygen atoms in total. The first-order chi connectivity index (χ1) is 10.2. The molecule has 1 heterocycles. The highest BCUT2D eigenvalue weighted by molar-refractivity contribution is 6.11. The van der Waals surface area contributed by atoms with Crippen molar-refractivity contribution in [1.29, 1.82) is 0 Å². The van der Waals surface area contributed by atoms with Crippen molar-refractivity contribution < 1.29 is 9.59 Å². The van der Waals surface area contributed by atoms with Gasteiger partial charge in [-0.1, -0.05) is 48.5 Å². The van der Waals surface area contributed by atoms with Gasteiger partial charge in [0.2, 0.25) is 0 Å². The lowest BCUT2D eigenvalue weighted by atomic mass is 9.92. The van der Waals surface area contributed by atoms with Crippen LogP contribution in [-0.2, 0) is 4.79 Å². The lowest BCUT2D eigenvalue weighted by Gasteiger charge is -2.15. The summed E-state index contributed by atoms with van der Waals surface area (Å²) in [6, 6.07) is 16.8. The Bertz CT molecular complexity index is 848. The molecule has 102 valence electrons. The molecule has 1 saturated heterocycles. The van der Waals surface area contributed by atoms with E-state index in [9.17, 15) is 9.59 Å². The minimum absolute atomic E-state index is 0.304. The second-order valence-corrected chi connectivity index (χ2v) is 5.13. The van der Waals surface area contributed by atoms with Gasteiger partial charge in [0.05, 0.1) is 0 Å². The number of carbonyl (C=O) groups is 2. The molecule has 1 fully saturated rings. The predicted molar refractivity (Wildman–Crippen MR) is 80.9 cm³/mol. The molecule has 4 heteroatoms. The van der Waals surface area contributed by atoms with Crippen LogP contribution in [-0.4, -0.2) is 11.9 Å². The Kier molecular flexibility index (Phi) is 2.44. The second-order valence-electron chi connectivity index (χ2n) is 5.13. The molecule has 1 aliphatic rings. The summed E-state index contributed by atoms with van der Waals surface area (Å²) in [6.45, 7) is 0. The molecular weight excluding hydrogens is 264 g/mol. The highest BCUT2D eigenvalue weighted by Crippen LogP contribution is 2.33. The first-order valence-electron chi connectivity index (χ1n) is 6.76. The molecule has 0 radical (unpaired) electrons. The van der Waals surface area contributed by atoms with Crippen LogP contribution >= 0.6 is 0 Å². The van der Waals surface area contributed by atoms with Crippen LogP contribution in [0.25, 0.3) is 21.5 Å². The largest absolute Gasteiger partial charge is 0.322 e. The molecule has 1 unspecified atom stereocenters. The molecule has 0 aromatic heterocycles. The van der Waals surface area contributed by atoms with Crippen molar-refractivity contribution >= 4 is 33.5 Å². The number of hydrogen-bond acceptors (Lipinski definition) is 2. The number of amides is 3. The molecule has 21 heavy (non-hydrogen) atoms. The van der Waals surface area contributed by atoms with Gasteiger partial charge in [0, 0.05) is 0 Å². The maximum Gasteiger partial charge on any atom is 0.322 e. The summed E-state index contributed by atoms with van der Waals surface area (Å²) < 4.78 is 0. The number of urea groups is 1. The lowest BCUT2D eigenvalue weighted by Crippen LogP contribution is -2.22. The van der Waals surface area contributed by atoms with E-state index in [4.69, 9.17) is 0 Å². The van der Waals surface area contributed by atoms with Crippen LogP contribution in [0.2, 0.25) is 0 Å². The maximum absolute atomic E-state index is 12.1. The Labute approximate surface area is 120 Å². The quantitative estimate of drug-likeness (QED) is 0.530. The van der Waals surface area contributed by atoms with Crippen LogP contribution in [0.4, 0.5) is 4.79 Å². The highest BCUT2D eigenvalue weighted by Gasteiger charge is 2.33. The summed E-state index contributed by atoms with van der Waals surface area (Å²) in [7, 11) is 0. The summed E-state index contributed by atoms with van der Waals surface area (Å²) in [4.78, 5) is 23.5. The van der Waals surface area contributed by atoms with Crippen LogP contribution in [0.5, 0.6) is 0 Å². The van der Waals surface area contributed by atoms with E-state index in [0.29, 0.717) is 0 Å². The topological polar surface area (TPSA) is 58.2 Å². The minimum Gasteiger partial charge on any atom is -0.322 e. The summed E-state index contributed by atoms with van der Waals surface area (Å²) in [5, 5.41) is 9.09. The first kappa shape index (κ1) is 11.9. The van der Waals surface area contributed by atoms with Crippen LogP contribution in [0.3, 0.4) is 0 Å². The number of fused-ring (bicyclic) bond motifs is 2. The molecule has 0 aliphatic carbocycles. The maximum atomic E-state index is 12.1. The van der Waals surface area contributed by atoms with Gasteiger partial charge in [-0.25, -0.2) is 4.79 Å². The molecule has 3 aromatic carbocycles. The number of hydrogen-bond donors (Lipinski definition) is 2. The normalized spacial score (nSPS) is 18.0. The van der Waals surface area contributed by atoms with Crippen molar-refractivity contribution in [1.82, 2.24) is 10.6 Å². The van der Waals surface area contributed by atoms with E-state index in [1.807, 2.05) is 48.5 Å². The highest BCUT2D eigenvalue weighted by atomic mass is 16.2. The number of imide groups is 1. The third kappa shape index (κ3) is 1.76. The van der Waals surface area contributed by atoms with Crippen molar-refractivity contribution in [2.75, 3.05) is 0 Å². The van der Waals surface area contributed by atoms with Gasteiger partial charge in [0.25, 0.3) is 5.91 Å². The fourth-order valence-electron chi connectivity index (χ4n) is 2.98. The monoisotopic (exact) mass is 276 g/mol. The number of rotatable bonds is 1. The lowest BCUT2D eigenvalue weighted by molar-refractivity contribution is -0.120. The van der Waals surface area contributed by atoms with Gasteiger partial charge in [-0.05, 0) is 33.2 Å². The van der Waals surface area contributed by atoms with Crippen molar-refractivity contribution in [3.05, 3.63) is 60.2 Å². The minimum atomic E-state index is -0.645. The Morgan fingerprint density at radius 2 is 1.38 bits per heavy atom. The zero-order valence-electron chi connectivity index (χ0n) is 11.1. The van der Waals surface area contributed by atoms with E-state index in [1.165, 1.54) is 0 Å². The number of benzene rings is 3. The summed E-state index contributed by atoms with van der Waals surface area (Å²) in [6.07, 6.45) is 0. The Morgan fingerprint density at radius 3 is 1.90 bits per heavy atom. The molecule has 0 saturated carbocycles. The molecule has 2 N–H and O–H groups in total. The fourth-order valence-corrected chi connectivity index (χ4v) is 2.98. The van der Waals surface area contributed by atoms with Crippen LogP contribution in [0, 0.1) is 0 Å². The molecule has 4 rings (SSSR count). The molecule has 0 spiro atoms. The van der Waals surface area contributed by atoms with Gasteiger partial charge in [-0.3, -0.25) is 10.1 Å². The summed E-state index contributed by atoms with van der Waals surface area (Å²) in [5.74, 6) is -0.304. The molecule has 3 amide bonds. The van der Waals surface area contributed by atoms with E-state index >= 15 is 0 Å². The number of carbonyl (C=O) groups excluding carboxylic acids is 2. The number of nitrogens with one attached hydrogen (secondary N) is 2. The Balaban J connectivity index is 2.12. The van der Waals surface area contributed by atoms with E-state index in [2.05, 4.69) is 16.7 Å². The van der Waals surface area contributed by atoms with Gasteiger partial charge in [-0.15, -0.1) is 0 Å². The van der Waals surface area contributed by atoms with Gasteiger partial charge in [0.1, 0.15) is 6.04 Å². The van der Waals surface area contributed by atoms with E-state index < -0.39 is 12.1 Å². The zero-order chi connectivity index (χ0) is 14.4. The molecular formula is C17H12N2O2. The van der Waals surface area contributed by atoms with E-state index in [0.717, 1.165) is 27.1 Å². The van der Waals surface area contributed by atoms with Crippen molar-refractivity contribution in [2.24, 2.45) is 0 Å². The van der Waals surface area contributed by atoms with Gasteiger partial charge < -0.3 is 5.32 Å². The molecule has 3 aromatic rings. The Morgan fingerprint density at radius 1 is 0.810 bits per heavy atom. The first-order valence-corrected chi connectivity index (χ1v) is 6.76. The third-order valence-electron chi connectivity index (χ3n) is 3.88. The third-order valence-corrected chi connectivity index (χ3v) is 3.88. The SMILES string of the molecule is O=C1NC(=O)C(c2c3ccccc3cc3ccccc23)N1. The van der Waals surface area contributed by atoms with Crippen molar-refractivity contribution in [3.63, 3.8) is 0 Å². The fraction of sp³-hybridized carbons (Fsp3) is 0.0588. The zero-order valence-corrected chi connectivity index (χ0v) is 11.1. The van der Waals surface area contributed by atoms with E-state index in [-0.39, 0.29) is 5.91 Å². The smallest absolute Gasteiger partial charge is 0.322 e. The Hall–Kier alpha value is -2.88. The van der Waals surface area contributed by atoms with Crippen molar-refractivity contribution in [2.45, 2.75) is 6.04 Å². The summed E-state index contributed by atoms with van der Waals surface area (Å²) >= 11 is 0. The molecule has 0 bridgehead atoms. The predicted octanol–water partition coefficient (Wildman–Crippen LogP) is 2.87. The van der Waals surface area contributed by atoms with Crippen LogP contribution in [0.15, 0.2) is 54.6 Å². The van der Waals surface area contributed by atoms with E-state index in [1.54, 1.807) is 0 Å². The standard InChI is InChI=1S/C17H12N2O2/c20-16-15(18-17(21)19-16)14-12-7-3-1-5-10(12)9-11-6-2-4-8-13(11)14/h1-9,15H,(H2,18,19,20,21). The molecule has 1 aliphatic heterocycles. The average molecular weight is 276 g/mol. The van der Waals surface area contributed by atoms with Gasteiger partial charge >= 0.3 is 6.03 Å². The van der Waals surface area contributed by atoms with Crippen LogP contribution in [0.1, 0.15) is 11.6 Å². The van der Waals surface area contributed by atoms with Crippen molar-refractivity contribution in [3.8, 4) is 0 Å². The summed E-state index contributed by atoms with van der Waals surface area (Å²) in [5.41, 5.74) is 0.854. The van der Waals surface area contributed by atoms with Crippen LogP contribution < -0.4 is 10.6 Å².